The lowest BCUT2D eigenvalue weighted by molar-refractivity contribution is -0.155. The van der Waals surface area contributed by atoms with Gasteiger partial charge >= 0.3 is 0 Å². The Balaban J connectivity index is 0.999. The lowest BCUT2D eigenvalue weighted by Gasteiger charge is -2.64. The zero-order valence-electron chi connectivity index (χ0n) is 33.8. The topological polar surface area (TPSA) is 0 Å². The lowest BCUT2D eigenvalue weighted by Crippen LogP contribution is -2.57. The first-order valence-corrected chi connectivity index (χ1v) is 24.4. The van der Waals surface area contributed by atoms with Gasteiger partial charge in [0.1, 0.15) is 0 Å². The van der Waals surface area contributed by atoms with Gasteiger partial charge in [-0.3, -0.25) is 0 Å². The summed E-state index contributed by atoms with van der Waals surface area (Å²) < 4.78 is 0. The van der Waals surface area contributed by atoms with E-state index in [1.54, 1.807) is 116 Å². The maximum atomic E-state index is 2.87. The number of rotatable bonds is 2. The van der Waals surface area contributed by atoms with Crippen molar-refractivity contribution >= 4 is 0 Å². The zero-order valence-corrected chi connectivity index (χ0v) is 33.8. The van der Waals surface area contributed by atoms with Gasteiger partial charge in [-0.1, -0.05) is 98.8 Å². The summed E-state index contributed by atoms with van der Waals surface area (Å²) >= 11 is 0. The quantitative estimate of drug-likeness (QED) is 0.272. The molecule has 0 radical (unpaired) electrons. The van der Waals surface area contributed by atoms with Crippen molar-refractivity contribution < 1.29 is 0 Å². The van der Waals surface area contributed by atoms with E-state index in [2.05, 4.69) is 34.6 Å². The van der Waals surface area contributed by atoms with Crippen LogP contribution in [0, 0.1) is 136 Å². The molecule has 10 rings (SSSR count). The SMILES string of the molecule is CC1CCCC(C)C1C1CCC2C(C)C1CCCC1C2CC2C3CC4C5CCCCC5C5CCCC(C3CCC2C1C1C(C)CCCC1C)C54. The molecule has 21 atom stereocenters. The van der Waals surface area contributed by atoms with Crippen LogP contribution in [-0.4, -0.2) is 0 Å². The smallest absolute Gasteiger partial charge is 0.0318 e. The molecular formula is C50H82. The van der Waals surface area contributed by atoms with E-state index < -0.39 is 0 Å². The first-order chi connectivity index (χ1) is 24.4. The van der Waals surface area contributed by atoms with Gasteiger partial charge in [0.15, 0.2) is 0 Å². The normalized spacial score (nSPS) is 60.5. The maximum absolute atomic E-state index is 2.87. The highest BCUT2D eigenvalue weighted by Crippen LogP contribution is 2.71. The molecule has 10 aliphatic rings. The second kappa shape index (κ2) is 13.6. The molecule has 0 aliphatic heterocycles. The van der Waals surface area contributed by atoms with Crippen molar-refractivity contribution in [2.75, 3.05) is 0 Å². The molecule has 0 amide bonds. The Morgan fingerprint density at radius 3 is 1.20 bits per heavy atom. The van der Waals surface area contributed by atoms with Crippen LogP contribution in [-0.2, 0) is 0 Å². The van der Waals surface area contributed by atoms with E-state index in [1.165, 1.54) is 31.6 Å². The Morgan fingerprint density at radius 2 is 0.560 bits per heavy atom. The largest absolute Gasteiger partial charge is 0.0622 e. The third-order valence-electron chi connectivity index (χ3n) is 21.8. The number of hydrogen-bond acceptors (Lipinski definition) is 0. The molecule has 0 nitrogen and oxygen atoms in total. The summed E-state index contributed by atoms with van der Waals surface area (Å²) in [5.74, 6) is 24.7. The summed E-state index contributed by atoms with van der Waals surface area (Å²) in [7, 11) is 0. The third kappa shape index (κ3) is 5.33. The number of hydrogen-bond donors (Lipinski definition) is 0. The minimum atomic E-state index is 0.979. The van der Waals surface area contributed by atoms with Crippen LogP contribution in [0.3, 0.4) is 0 Å². The predicted octanol–water partition coefficient (Wildman–Crippen LogP) is 14.0. The molecular weight excluding hydrogens is 601 g/mol. The van der Waals surface area contributed by atoms with E-state index in [9.17, 15) is 0 Å². The molecule has 2 bridgehead atoms. The van der Waals surface area contributed by atoms with Gasteiger partial charge in [-0.05, 0) is 213 Å². The summed E-state index contributed by atoms with van der Waals surface area (Å²) in [6, 6.07) is 0. The van der Waals surface area contributed by atoms with Gasteiger partial charge in [0.25, 0.3) is 0 Å². The van der Waals surface area contributed by atoms with Crippen molar-refractivity contribution in [3.63, 3.8) is 0 Å². The van der Waals surface area contributed by atoms with Gasteiger partial charge in [-0.2, -0.15) is 0 Å². The molecule has 0 aromatic rings. The molecule has 0 heterocycles. The minimum Gasteiger partial charge on any atom is -0.0622 e. The third-order valence-corrected chi connectivity index (χ3v) is 21.8. The molecule has 50 heavy (non-hydrogen) atoms. The van der Waals surface area contributed by atoms with Crippen LogP contribution in [0.1, 0.15) is 176 Å². The molecule has 0 heteroatoms. The number of fused-ring (bicyclic) bond motifs is 11. The van der Waals surface area contributed by atoms with Gasteiger partial charge in [-0.25, -0.2) is 0 Å². The van der Waals surface area contributed by atoms with Crippen LogP contribution < -0.4 is 0 Å². The van der Waals surface area contributed by atoms with Crippen molar-refractivity contribution in [3.05, 3.63) is 0 Å². The van der Waals surface area contributed by atoms with Crippen LogP contribution >= 0.6 is 0 Å². The van der Waals surface area contributed by atoms with Crippen LogP contribution in [0.5, 0.6) is 0 Å². The fourth-order valence-corrected chi connectivity index (χ4v) is 20.6. The van der Waals surface area contributed by atoms with Gasteiger partial charge in [-0.15, -0.1) is 0 Å². The highest BCUT2D eigenvalue weighted by molar-refractivity contribution is 5.12. The second-order valence-corrected chi connectivity index (χ2v) is 23.0. The Kier molecular flexibility index (Phi) is 9.40. The summed E-state index contributed by atoms with van der Waals surface area (Å²) in [6.07, 6.45) is 35.2. The Hall–Kier alpha value is 0. The molecule has 0 aromatic heterocycles. The van der Waals surface area contributed by atoms with E-state index in [0.29, 0.717) is 0 Å². The van der Waals surface area contributed by atoms with E-state index in [1.807, 2.05) is 0 Å². The highest BCUT2D eigenvalue weighted by atomic mass is 14.7. The monoisotopic (exact) mass is 683 g/mol. The average molecular weight is 683 g/mol. The van der Waals surface area contributed by atoms with E-state index in [4.69, 9.17) is 0 Å². The summed E-state index contributed by atoms with van der Waals surface area (Å²) in [6.45, 7) is 13.7. The Labute approximate surface area is 311 Å². The van der Waals surface area contributed by atoms with Gasteiger partial charge < -0.3 is 0 Å². The van der Waals surface area contributed by atoms with Gasteiger partial charge in [0.2, 0.25) is 0 Å². The summed E-state index contributed by atoms with van der Waals surface area (Å²) in [5.41, 5.74) is 0. The first kappa shape index (κ1) is 34.5. The van der Waals surface area contributed by atoms with E-state index in [-0.39, 0.29) is 0 Å². The van der Waals surface area contributed by atoms with Crippen molar-refractivity contribution in [3.8, 4) is 0 Å². The standard InChI is InChI=1S/C50H82/c1-28-12-8-13-29(2)47(28)41-24-22-34-32(5)33(41)18-10-21-40-43(34)26-45-42(50(40)48-30(3)14-9-15-31(48)4)25-23-37-39-20-11-19-38-35-16-6-7-17-36(35)46(49(38)39)27-44(37)45/h28-50H,6-27H2,1-5H3. The summed E-state index contributed by atoms with van der Waals surface area (Å²) in [4.78, 5) is 0. The second-order valence-electron chi connectivity index (χ2n) is 23.0. The lowest BCUT2D eigenvalue weighted by atomic mass is 9.41. The minimum absolute atomic E-state index is 0.979. The average Bonchev–Trinajstić information content (AvgIpc) is 3.43. The van der Waals surface area contributed by atoms with Crippen molar-refractivity contribution in [2.45, 2.75) is 176 Å². The molecule has 0 spiro atoms. The van der Waals surface area contributed by atoms with E-state index in [0.717, 1.165) is 130 Å². The molecule has 0 N–H and O–H groups in total. The maximum Gasteiger partial charge on any atom is -0.0318 e. The molecule has 10 aliphatic carbocycles. The van der Waals surface area contributed by atoms with E-state index >= 15 is 0 Å². The molecule has 10 fully saturated rings. The van der Waals surface area contributed by atoms with Gasteiger partial charge in [0.05, 0.1) is 0 Å². The molecule has 10 saturated carbocycles. The van der Waals surface area contributed by atoms with Crippen molar-refractivity contribution in [2.24, 2.45) is 136 Å². The fraction of sp³-hybridized carbons (Fsp3) is 1.00. The molecule has 282 valence electrons. The fourth-order valence-electron chi connectivity index (χ4n) is 20.6. The summed E-state index contributed by atoms with van der Waals surface area (Å²) in [5, 5.41) is 0. The highest BCUT2D eigenvalue weighted by Gasteiger charge is 2.64. The first-order valence-electron chi connectivity index (χ1n) is 24.4. The molecule has 21 unspecified atom stereocenters. The van der Waals surface area contributed by atoms with Crippen molar-refractivity contribution in [1.29, 1.82) is 0 Å². The molecule has 0 aromatic carbocycles. The van der Waals surface area contributed by atoms with Crippen molar-refractivity contribution in [1.82, 2.24) is 0 Å². The Bertz CT molecular complexity index is 1160. The predicted molar refractivity (Wildman–Crippen MR) is 210 cm³/mol. The van der Waals surface area contributed by atoms with Gasteiger partial charge in [0, 0.05) is 0 Å². The molecule has 0 saturated heterocycles. The van der Waals surface area contributed by atoms with Crippen LogP contribution in [0.15, 0.2) is 0 Å². The van der Waals surface area contributed by atoms with Crippen LogP contribution in [0.25, 0.3) is 0 Å². The zero-order chi connectivity index (χ0) is 33.8. The Morgan fingerprint density at radius 1 is 0.220 bits per heavy atom. The van der Waals surface area contributed by atoms with Crippen LogP contribution in [0.2, 0.25) is 0 Å². The van der Waals surface area contributed by atoms with Crippen LogP contribution in [0.4, 0.5) is 0 Å².